The van der Waals surface area contributed by atoms with Crippen molar-refractivity contribution in [1.29, 1.82) is 0 Å². The van der Waals surface area contributed by atoms with Gasteiger partial charge in [-0.15, -0.1) is 0 Å². The summed E-state index contributed by atoms with van der Waals surface area (Å²) in [6.07, 6.45) is 0. The number of piperazine rings is 1. The number of hydrogen-bond donors (Lipinski definition) is 0. The van der Waals surface area contributed by atoms with Crippen molar-refractivity contribution < 1.29 is 4.79 Å². The van der Waals surface area contributed by atoms with Crippen molar-refractivity contribution in [2.45, 2.75) is 34.6 Å². The molecule has 0 spiro atoms. The average Bonchev–Trinajstić information content (AvgIpc) is 3.22. The number of carbonyl (C=O) groups excluding carboxylic acids is 1. The number of carbonyl (C=O) groups is 1. The molecule has 1 aliphatic rings. The molecule has 0 unspecified atom stereocenters. The molecule has 0 radical (unpaired) electrons. The third-order valence-electron chi connectivity index (χ3n) is 6.43. The van der Waals surface area contributed by atoms with Gasteiger partial charge in [0.05, 0.1) is 11.4 Å². The highest BCUT2D eigenvalue weighted by Gasteiger charge is 2.26. The van der Waals surface area contributed by atoms with Crippen molar-refractivity contribution in [3.8, 4) is 16.9 Å². The molecule has 162 valence electrons. The van der Waals surface area contributed by atoms with Gasteiger partial charge in [-0.1, -0.05) is 31.2 Å². The Morgan fingerprint density at radius 3 is 2.26 bits per heavy atom. The first kappa shape index (κ1) is 21.3. The Labute approximate surface area is 185 Å². The fourth-order valence-electron chi connectivity index (χ4n) is 4.14. The van der Waals surface area contributed by atoms with Crippen molar-refractivity contribution in [1.82, 2.24) is 19.6 Å². The molecule has 1 aliphatic heterocycles. The first-order valence-electron chi connectivity index (χ1n) is 11.1. The highest BCUT2D eigenvalue weighted by atomic mass is 16.2. The fraction of sp³-hybridized carbons (Fsp3) is 0.385. The third kappa shape index (κ3) is 4.28. The molecule has 0 bridgehead atoms. The summed E-state index contributed by atoms with van der Waals surface area (Å²) in [5.41, 5.74) is 8.20. The van der Waals surface area contributed by atoms with Crippen LogP contribution < -0.4 is 0 Å². The lowest BCUT2D eigenvalue weighted by molar-refractivity contribution is 0.0634. The van der Waals surface area contributed by atoms with Gasteiger partial charge < -0.3 is 9.80 Å². The van der Waals surface area contributed by atoms with Crippen LogP contribution in [-0.4, -0.2) is 58.2 Å². The second kappa shape index (κ2) is 8.67. The SMILES string of the molecule is CCN1CCN(C(=O)c2cc(-c3ccc(C)c(C)c3)nn2-c2cc(C)ccc2C)CC1. The minimum atomic E-state index is 0.0549. The molecule has 1 aromatic heterocycles. The highest BCUT2D eigenvalue weighted by Crippen LogP contribution is 2.26. The summed E-state index contributed by atoms with van der Waals surface area (Å²) in [5, 5.41) is 4.93. The maximum absolute atomic E-state index is 13.6. The quantitative estimate of drug-likeness (QED) is 0.627. The van der Waals surface area contributed by atoms with Gasteiger partial charge in [-0.3, -0.25) is 4.79 Å². The zero-order chi connectivity index (χ0) is 22.1. The van der Waals surface area contributed by atoms with Crippen LogP contribution in [0.15, 0.2) is 42.5 Å². The van der Waals surface area contributed by atoms with Gasteiger partial charge >= 0.3 is 0 Å². The Balaban J connectivity index is 1.78. The molecule has 2 aromatic carbocycles. The molecule has 31 heavy (non-hydrogen) atoms. The van der Waals surface area contributed by atoms with Crippen LogP contribution in [0.2, 0.25) is 0 Å². The number of hydrogen-bond acceptors (Lipinski definition) is 3. The second-order valence-electron chi connectivity index (χ2n) is 8.64. The number of benzene rings is 2. The monoisotopic (exact) mass is 416 g/mol. The van der Waals surface area contributed by atoms with E-state index < -0.39 is 0 Å². The largest absolute Gasteiger partial charge is 0.335 e. The van der Waals surface area contributed by atoms with Crippen LogP contribution in [-0.2, 0) is 0 Å². The maximum atomic E-state index is 13.6. The van der Waals surface area contributed by atoms with E-state index in [1.54, 1.807) is 0 Å². The van der Waals surface area contributed by atoms with Crippen molar-refractivity contribution >= 4 is 5.91 Å². The van der Waals surface area contributed by atoms with E-state index in [9.17, 15) is 4.79 Å². The Hall–Kier alpha value is -2.92. The molecule has 0 saturated carbocycles. The summed E-state index contributed by atoms with van der Waals surface area (Å²) in [6.45, 7) is 14.9. The van der Waals surface area contributed by atoms with E-state index in [0.29, 0.717) is 5.69 Å². The fourth-order valence-corrected chi connectivity index (χ4v) is 4.14. The van der Waals surface area contributed by atoms with Gasteiger partial charge in [-0.05, 0) is 74.7 Å². The van der Waals surface area contributed by atoms with E-state index in [-0.39, 0.29) is 5.91 Å². The number of likely N-dealkylation sites (N-methyl/N-ethyl adjacent to an activating group) is 1. The van der Waals surface area contributed by atoms with Crippen LogP contribution in [0, 0.1) is 27.7 Å². The van der Waals surface area contributed by atoms with Gasteiger partial charge in [0.15, 0.2) is 0 Å². The normalized spacial score (nSPS) is 14.8. The summed E-state index contributed by atoms with van der Waals surface area (Å²) in [4.78, 5) is 17.9. The number of aryl methyl sites for hydroxylation is 4. The molecule has 4 rings (SSSR count). The minimum Gasteiger partial charge on any atom is -0.335 e. The van der Waals surface area contributed by atoms with Gasteiger partial charge in [0.1, 0.15) is 5.69 Å². The number of nitrogens with zero attached hydrogens (tertiary/aromatic N) is 4. The van der Waals surface area contributed by atoms with Gasteiger partial charge in [0, 0.05) is 31.7 Å². The first-order valence-corrected chi connectivity index (χ1v) is 11.1. The molecule has 0 N–H and O–H groups in total. The molecule has 0 atom stereocenters. The van der Waals surface area contributed by atoms with E-state index in [0.717, 1.165) is 60.8 Å². The summed E-state index contributed by atoms with van der Waals surface area (Å²) in [5.74, 6) is 0.0549. The zero-order valence-corrected chi connectivity index (χ0v) is 19.3. The smallest absolute Gasteiger partial charge is 0.272 e. The van der Waals surface area contributed by atoms with E-state index >= 15 is 0 Å². The van der Waals surface area contributed by atoms with Gasteiger partial charge in [0.25, 0.3) is 5.91 Å². The van der Waals surface area contributed by atoms with Gasteiger partial charge in [-0.2, -0.15) is 5.10 Å². The summed E-state index contributed by atoms with van der Waals surface area (Å²) in [6, 6.07) is 14.6. The Morgan fingerprint density at radius 2 is 1.58 bits per heavy atom. The lowest BCUT2D eigenvalue weighted by atomic mass is 10.0. The van der Waals surface area contributed by atoms with Crippen molar-refractivity contribution in [2.75, 3.05) is 32.7 Å². The van der Waals surface area contributed by atoms with E-state index in [1.165, 1.54) is 11.1 Å². The molecule has 1 fully saturated rings. The summed E-state index contributed by atoms with van der Waals surface area (Å²) in [7, 11) is 0. The predicted molar refractivity (Wildman–Crippen MR) is 126 cm³/mol. The van der Waals surface area contributed by atoms with Crippen LogP contribution >= 0.6 is 0 Å². The zero-order valence-electron chi connectivity index (χ0n) is 19.3. The Kier molecular flexibility index (Phi) is 5.96. The number of rotatable bonds is 4. The van der Waals surface area contributed by atoms with Crippen molar-refractivity contribution in [3.05, 3.63) is 70.4 Å². The molecule has 5 heteroatoms. The number of amides is 1. The predicted octanol–water partition coefficient (Wildman–Crippen LogP) is 4.55. The topological polar surface area (TPSA) is 41.4 Å². The molecule has 0 aliphatic carbocycles. The maximum Gasteiger partial charge on any atom is 0.272 e. The molecule has 5 nitrogen and oxygen atoms in total. The average molecular weight is 417 g/mol. The van der Waals surface area contributed by atoms with Crippen LogP contribution in [0.4, 0.5) is 0 Å². The Morgan fingerprint density at radius 1 is 0.871 bits per heavy atom. The third-order valence-corrected chi connectivity index (χ3v) is 6.43. The minimum absolute atomic E-state index is 0.0549. The molecule has 1 amide bonds. The molecular weight excluding hydrogens is 384 g/mol. The molecule has 3 aromatic rings. The molecule has 2 heterocycles. The lowest BCUT2D eigenvalue weighted by Gasteiger charge is -2.34. The molecular formula is C26H32N4O. The van der Waals surface area contributed by atoms with E-state index in [2.05, 4.69) is 75.9 Å². The highest BCUT2D eigenvalue weighted by molar-refractivity contribution is 5.94. The van der Waals surface area contributed by atoms with Crippen molar-refractivity contribution in [2.24, 2.45) is 0 Å². The Bertz CT molecular complexity index is 1110. The van der Waals surface area contributed by atoms with E-state index in [4.69, 9.17) is 5.10 Å². The second-order valence-corrected chi connectivity index (χ2v) is 8.64. The van der Waals surface area contributed by atoms with Crippen LogP contribution in [0.1, 0.15) is 39.7 Å². The number of aromatic nitrogens is 2. The van der Waals surface area contributed by atoms with Crippen LogP contribution in [0.25, 0.3) is 16.9 Å². The first-order chi connectivity index (χ1) is 14.9. The summed E-state index contributed by atoms with van der Waals surface area (Å²) < 4.78 is 1.85. The van der Waals surface area contributed by atoms with Crippen LogP contribution in [0.5, 0.6) is 0 Å². The van der Waals surface area contributed by atoms with Crippen molar-refractivity contribution in [3.63, 3.8) is 0 Å². The molecule has 1 saturated heterocycles. The van der Waals surface area contributed by atoms with E-state index in [1.807, 2.05) is 15.6 Å². The lowest BCUT2D eigenvalue weighted by Crippen LogP contribution is -2.48. The standard InChI is InChI=1S/C26H32N4O/c1-6-28-11-13-29(14-12-28)26(31)25-17-23(22-10-9-19(3)21(5)16-22)27-30(25)24-15-18(2)7-8-20(24)4/h7-10,15-17H,6,11-14H2,1-5H3. The summed E-state index contributed by atoms with van der Waals surface area (Å²) >= 11 is 0. The van der Waals surface area contributed by atoms with Gasteiger partial charge in [0.2, 0.25) is 0 Å². The van der Waals surface area contributed by atoms with Crippen LogP contribution in [0.3, 0.4) is 0 Å². The van der Waals surface area contributed by atoms with Gasteiger partial charge in [-0.25, -0.2) is 4.68 Å².